The highest BCUT2D eigenvalue weighted by Crippen LogP contribution is 2.37. The summed E-state index contributed by atoms with van der Waals surface area (Å²) in [6.07, 6.45) is 5.05. The molecule has 9 heteroatoms. The van der Waals surface area contributed by atoms with Crippen molar-refractivity contribution in [3.05, 3.63) is 60.2 Å². The fourth-order valence-corrected chi connectivity index (χ4v) is 4.37. The summed E-state index contributed by atoms with van der Waals surface area (Å²) in [5.74, 6) is 2.30. The Morgan fingerprint density at radius 1 is 1.18 bits per heavy atom. The Hall–Kier alpha value is -3.88. The predicted molar refractivity (Wildman–Crippen MR) is 121 cm³/mol. The number of ether oxygens (including phenoxy) is 2. The molecule has 170 valence electrons. The van der Waals surface area contributed by atoms with Crippen LogP contribution in [0.5, 0.6) is 11.5 Å². The first kappa shape index (κ1) is 21.0. The van der Waals surface area contributed by atoms with Gasteiger partial charge in [0.2, 0.25) is 5.76 Å². The third-order valence-corrected chi connectivity index (χ3v) is 6.07. The number of aryl methyl sites for hydroxylation is 1. The summed E-state index contributed by atoms with van der Waals surface area (Å²) in [5.41, 5.74) is 3.21. The summed E-state index contributed by atoms with van der Waals surface area (Å²) in [4.78, 5) is 23.5. The zero-order valence-electron chi connectivity index (χ0n) is 18.8. The number of oxazole rings is 1. The minimum Gasteiger partial charge on any atom is -0.493 e. The van der Waals surface area contributed by atoms with Gasteiger partial charge in [0.25, 0.3) is 5.91 Å². The van der Waals surface area contributed by atoms with Crippen LogP contribution in [0.4, 0.5) is 0 Å². The van der Waals surface area contributed by atoms with Crippen LogP contribution in [-0.2, 0) is 0 Å². The van der Waals surface area contributed by atoms with Gasteiger partial charge in [-0.2, -0.15) is 5.10 Å². The highest BCUT2D eigenvalue weighted by Gasteiger charge is 2.30. The van der Waals surface area contributed by atoms with Crippen molar-refractivity contribution >= 4 is 11.6 Å². The Balaban J connectivity index is 1.42. The Bertz CT molecular complexity index is 1310. The van der Waals surface area contributed by atoms with Crippen LogP contribution < -0.4 is 9.47 Å². The van der Waals surface area contributed by atoms with Crippen LogP contribution in [-0.4, -0.2) is 57.7 Å². The van der Waals surface area contributed by atoms with E-state index >= 15 is 0 Å². The van der Waals surface area contributed by atoms with E-state index in [4.69, 9.17) is 24.0 Å². The van der Waals surface area contributed by atoms with Crippen molar-refractivity contribution in [3.8, 4) is 22.6 Å². The molecule has 9 nitrogen and oxygen atoms in total. The number of para-hydroxylation sites is 1. The quantitative estimate of drug-likeness (QED) is 0.460. The minimum atomic E-state index is -0.133. The maximum atomic E-state index is 12.9. The topological polar surface area (TPSA) is 95.0 Å². The van der Waals surface area contributed by atoms with Gasteiger partial charge in [0.05, 0.1) is 19.9 Å². The van der Waals surface area contributed by atoms with Gasteiger partial charge in [-0.15, -0.1) is 0 Å². The second-order valence-electron chi connectivity index (χ2n) is 8.09. The highest BCUT2D eigenvalue weighted by atomic mass is 16.5. The molecule has 0 bridgehead atoms. The molecule has 0 aliphatic carbocycles. The minimum absolute atomic E-state index is 0.0561. The van der Waals surface area contributed by atoms with Gasteiger partial charge in [0.15, 0.2) is 29.4 Å². The molecule has 0 N–H and O–H groups in total. The summed E-state index contributed by atoms with van der Waals surface area (Å²) in [7, 11) is 3.25. The molecular weight excluding hydrogens is 422 g/mol. The number of hydrogen-bond donors (Lipinski definition) is 0. The Morgan fingerprint density at radius 2 is 2.06 bits per heavy atom. The molecule has 5 rings (SSSR count). The average molecular weight is 447 g/mol. The van der Waals surface area contributed by atoms with Gasteiger partial charge in [-0.05, 0) is 38.0 Å². The second-order valence-corrected chi connectivity index (χ2v) is 8.09. The highest BCUT2D eigenvalue weighted by molar-refractivity contribution is 5.92. The van der Waals surface area contributed by atoms with Crippen LogP contribution >= 0.6 is 0 Å². The van der Waals surface area contributed by atoms with E-state index in [2.05, 4.69) is 4.98 Å². The summed E-state index contributed by atoms with van der Waals surface area (Å²) < 4.78 is 18.1. The number of carbonyl (C=O) groups excluding carboxylic acids is 1. The monoisotopic (exact) mass is 447 g/mol. The van der Waals surface area contributed by atoms with Crippen LogP contribution in [0.1, 0.15) is 40.8 Å². The number of piperidine rings is 1. The number of hydrogen-bond acceptors (Lipinski definition) is 7. The van der Waals surface area contributed by atoms with Gasteiger partial charge in [-0.25, -0.2) is 14.5 Å². The molecule has 1 unspecified atom stereocenters. The molecule has 1 aliphatic heterocycles. The zero-order valence-corrected chi connectivity index (χ0v) is 18.8. The number of amides is 1. The first-order valence-corrected chi connectivity index (χ1v) is 10.9. The number of nitrogens with zero attached hydrogens (tertiary/aromatic N) is 5. The standard InChI is InChI=1S/C24H25N5O4/c1-15-21(33-14-25-15)24(30)28-11-5-6-17(12-28)23-26-20-10-9-16(13-29(20)27-23)18-7-4-8-19(31-2)22(18)32-3/h4,7-10,13-14,17H,5-6,11-12H2,1-3H3. The molecule has 1 fully saturated rings. The lowest BCUT2D eigenvalue weighted by Crippen LogP contribution is -2.39. The van der Waals surface area contributed by atoms with Crippen molar-refractivity contribution < 1.29 is 18.7 Å². The molecular formula is C24H25N5O4. The first-order valence-electron chi connectivity index (χ1n) is 10.9. The number of methoxy groups -OCH3 is 2. The Morgan fingerprint density at radius 3 is 2.82 bits per heavy atom. The maximum Gasteiger partial charge on any atom is 0.291 e. The van der Waals surface area contributed by atoms with Gasteiger partial charge in [0.1, 0.15) is 0 Å². The summed E-state index contributed by atoms with van der Waals surface area (Å²) in [5, 5.41) is 4.75. The fourth-order valence-electron chi connectivity index (χ4n) is 4.37. The second kappa shape index (κ2) is 8.57. The van der Waals surface area contributed by atoms with E-state index in [1.165, 1.54) is 6.39 Å². The van der Waals surface area contributed by atoms with Crippen LogP contribution in [0.3, 0.4) is 0 Å². The average Bonchev–Trinajstić information content (AvgIpc) is 3.48. The van der Waals surface area contributed by atoms with Crippen molar-refractivity contribution in [1.82, 2.24) is 24.5 Å². The van der Waals surface area contributed by atoms with Gasteiger partial charge in [-0.3, -0.25) is 4.79 Å². The summed E-state index contributed by atoms with van der Waals surface area (Å²) >= 11 is 0. The number of benzene rings is 1. The number of fused-ring (bicyclic) bond motifs is 1. The molecule has 1 aromatic carbocycles. The van der Waals surface area contributed by atoms with Crippen molar-refractivity contribution in [2.24, 2.45) is 0 Å². The normalized spacial score (nSPS) is 16.2. The van der Waals surface area contributed by atoms with Gasteiger partial charge in [-0.1, -0.05) is 12.1 Å². The predicted octanol–water partition coefficient (Wildman–Crippen LogP) is 3.73. The van der Waals surface area contributed by atoms with Crippen LogP contribution in [0, 0.1) is 6.92 Å². The van der Waals surface area contributed by atoms with Crippen molar-refractivity contribution in [3.63, 3.8) is 0 Å². The molecule has 3 aromatic heterocycles. The lowest BCUT2D eigenvalue weighted by atomic mass is 9.97. The Kier molecular flexibility index (Phi) is 5.45. The van der Waals surface area contributed by atoms with E-state index in [9.17, 15) is 4.79 Å². The molecule has 0 spiro atoms. The molecule has 4 heterocycles. The molecule has 4 aromatic rings. The third kappa shape index (κ3) is 3.79. The number of carbonyl (C=O) groups is 1. The molecule has 1 atom stereocenters. The maximum absolute atomic E-state index is 12.9. The summed E-state index contributed by atoms with van der Waals surface area (Å²) in [6.45, 7) is 3.01. The van der Waals surface area contributed by atoms with E-state index < -0.39 is 0 Å². The van der Waals surface area contributed by atoms with Gasteiger partial charge < -0.3 is 18.8 Å². The first-order chi connectivity index (χ1) is 16.1. The van der Waals surface area contributed by atoms with Gasteiger partial charge in [0, 0.05) is 36.3 Å². The molecule has 1 amide bonds. The van der Waals surface area contributed by atoms with E-state index in [-0.39, 0.29) is 11.8 Å². The smallest absolute Gasteiger partial charge is 0.291 e. The molecule has 1 aliphatic rings. The fraction of sp³-hybridized carbons (Fsp3) is 0.333. The van der Waals surface area contributed by atoms with E-state index in [1.807, 2.05) is 36.5 Å². The summed E-state index contributed by atoms with van der Waals surface area (Å²) in [6, 6.07) is 9.71. The van der Waals surface area contributed by atoms with E-state index in [1.54, 1.807) is 30.6 Å². The molecule has 0 saturated carbocycles. The van der Waals surface area contributed by atoms with E-state index in [0.717, 1.165) is 35.4 Å². The number of aromatic nitrogens is 4. The number of likely N-dealkylation sites (tertiary alicyclic amines) is 1. The molecule has 33 heavy (non-hydrogen) atoms. The lowest BCUT2D eigenvalue weighted by Gasteiger charge is -2.30. The Labute approximate surface area is 191 Å². The number of rotatable bonds is 5. The zero-order chi connectivity index (χ0) is 22.9. The third-order valence-electron chi connectivity index (χ3n) is 6.07. The van der Waals surface area contributed by atoms with Crippen molar-refractivity contribution in [2.75, 3.05) is 27.3 Å². The number of pyridine rings is 1. The SMILES string of the molecule is COc1cccc(-c2ccc3nc(C4CCCN(C(=O)c5ocnc5C)C4)nn3c2)c1OC. The van der Waals surface area contributed by atoms with Gasteiger partial charge >= 0.3 is 0 Å². The van der Waals surface area contributed by atoms with Crippen LogP contribution in [0.2, 0.25) is 0 Å². The largest absolute Gasteiger partial charge is 0.493 e. The molecule has 1 saturated heterocycles. The van der Waals surface area contributed by atoms with Crippen molar-refractivity contribution in [1.29, 1.82) is 0 Å². The van der Waals surface area contributed by atoms with Crippen LogP contribution in [0.25, 0.3) is 16.8 Å². The van der Waals surface area contributed by atoms with Crippen LogP contribution in [0.15, 0.2) is 47.3 Å². The van der Waals surface area contributed by atoms with Crippen molar-refractivity contribution in [2.45, 2.75) is 25.7 Å². The molecule has 0 radical (unpaired) electrons. The van der Waals surface area contributed by atoms with E-state index in [0.29, 0.717) is 36.0 Å². The lowest BCUT2D eigenvalue weighted by molar-refractivity contribution is 0.0671.